The summed E-state index contributed by atoms with van der Waals surface area (Å²) in [5.74, 6) is 2.14. The van der Waals surface area contributed by atoms with Crippen LogP contribution in [0.2, 0.25) is 0 Å². The van der Waals surface area contributed by atoms with E-state index in [2.05, 4.69) is 23.1 Å². The van der Waals surface area contributed by atoms with Gasteiger partial charge in [-0.1, -0.05) is 0 Å². The second-order valence-electron chi connectivity index (χ2n) is 7.93. The zero-order valence-electron chi connectivity index (χ0n) is 16.0. The molecule has 0 aromatic heterocycles. The minimum Gasteiger partial charge on any atom is -0.494 e. The molecule has 0 bridgehead atoms. The summed E-state index contributed by atoms with van der Waals surface area (Å²) in [4.78, 5) is 19.2. The number of hydrogen-bond acceptors (Lipinski definition) is 4. The van der Waals surface area contributed by atoms with Gasteiger partial charge >= 0.3 is 6.03 Å². The maximum Gasteiger partial charge on any atom is 0.320 e. The molecule has 3 aliphatic heterocycles. The van der Waals surface area contributed by atoms with Gasteiger partial charge in [0.15, 0.2) is 0 Å². The summed E-state index contributed by atoms with van der Waals surface area (Å²) in [5, 5.41) is 9.02. The number of fused-ring (bicyclic) bond motifs is 1. The second-order valence-corrected chi connectivity index (χ2v) is 7.93. The number of piperidine rings is 1. The third-order valence-electron chi connectivity index (χ3n) is 6.22. The lowest BCUT2D eigenvalue weighted by atomic mass is 9.99. The van der Waals surface area contributed by atoms with E-state index in [1.54, 1.807) is 0 Å². The van der Waals surface area contributed by atoms with E-state index < -0.39 is 0 Å². The van der Waals surface area contributed by atoms with Crippen molar-refractivity contribution in [2.24, 2.45) is 17.8 Å². The lowest BCUT2D eigenvalue weighted by Crippen LogP contribution is -2.46. The minimum atomic E-state index is 0.120. The number of benzene rings is 1. The van der Waals surface area contributed by atoms with Gasteiger partial charge in [-0.25, -0.2) is 4.79 Å². The van der Waals surface area contributed by atoms with Crippen LogP contribution in [0.15, 0.2) is 24.3 Å². The van der Waals surface area contributed by atoms with Crippen LogP contribution in [-0.4, -0.2) is 61.7 Å². The van der Waals surface area contributed by atoms with Crippen LogP contribution in [-0.2, 0) is 0 Å². The summed E-state index contributed by atoms with van der Waals surface area (Å²) >= 11 is 0. The molecular weight excluding hydrogens is 340 g/mol. The van der Waals surface area contributed by atoms with E-state index in [0.29, 0.717) is 18.4 Å². The van der Waals surface area contributed by atoms with Gasteiger partial charge in [0.25, 0.3) is 0 Å². The molecule has 1 aromatic rings. The first-order valence-corrected chi connectivity index (χ1v) is 10.1. The largest absolute Gasteiger partial charge is 0.494 e. The highest BCUT2D eigenvalue weighted by Crippen LogP contribution is 2.35. The van der Waals surface area contributed by atoms with Crippen molar-refractivity contribution in [1.82, 2.24) is 9.80 Å². The molecule has 0 radical (unpaired) electrons. The Morgan fingerprint density at radius 1 is 1.07 bits per heavy atom. The molecule has 144 valence electrons. The molecule has 27 heavy (non-hydrogen) atoms. The molecule has 0 spiro atoms. The molecular formula is C21H28N4O2. The molecule has 1 aromatic carbocycles. The topological polar surface area (TPSA) is 59.8 Å². The van der Waals surface area contributed by atoms with Crippen molar-refractivity contribution >= 4 is 11.7 Å². The number of ether oxygens (including phenoxy) is 1. The molecule has 2 atom stereocenters. The monoisotopic (exact) mass is 368 g/mol. The van der Waals surface area contributed by atoms with Gasteiger partial charge in [-0.05, 0) is 44.0 Å². The van der Waals surface area contributed by atoms with E-state index in [1.165, 1.54) is 5.69 Å². The third kappa shape index (κ3) is 3.69. The molecule has 0 saturated carbocycles. The Kier molecular flexibility index (Phi) is 5.11. The zero-order valence-corrected chi connectivity index (χ0v) is 16.0. The smallest absolute Gasteiger partial charge is 0.320 e. The van der Waals surface area contributed by atoms with E-state index >= 15 is 0 Å². The van der Waals surface area contributed by atoms with Gasteiger partial charge in [-0.15, -0.1) is 0 Å². The van der Waals surface area contributed by atoms with Crippen molar-refractivity contribution in [3.63, 3.8) is 0 Å². The van der Waals surface area contributed by atoms with Gasteiger partial charge in [0.2, 0.25) is 0 Å². The number of hydrogen-bond donors (Lipinski definition) is 0. The van der Waals surface area contributed by atoms with Crippen LogP contribution in [0, 0.1) is 29.1 Å². The molecule has 2 amide bonds. The molecule has 0 aliphatic carbocycles. The first-order chi connectivity index (χ1) is 13.2. The predicted molar refractivity (Wildman–Crippen MR) is 104 cm³/mol. The Morgan fingerprint density at radius 2 is 1.70 bits per heavy atom. The van der Waals surface area contributed by atoms with Crippen LogP contribution in [0.1, 0.15) is 19.8 Å². The average Bonchev–Trinajstić information content (AvgIpc) is 3.28. The van der Waals surface area contributed by atoms with Crippen LogP contribution in [0.25, 0.3) is 0 Å². The van der Waals surface area contributed by atoms with E-state index in [0.717, 1.165) is 57.9 Å². The van der Waals surface area contributed by atoms with Gasteiger partial charge in [0, 0.05) is 62.7 Å². The van der Waals surface area contributed by atoms with E-state index in [-0.39, 0.29) is 11.9 Å². The summed E-state index contributed by atoms with van der Waals surface area (Å²) in [6.07, 6.45) is 1.63. The normalized spacial score (nSPS) is 25.4. The fourth-order valence-electron chi connectivity index (χ4n) is 4.68. The Labute approximate surface area is 161 Å². The Balaban J connectivity index is 1.30. The van der Waals surface area contributed by atoms with Gasteiger partial charge in [0.05, 0.1) is 12.7 Å². The Morgan fingerprint density at radius 3 is 2.26 bits per heavy atom. The number of carbonyl (C=O) groups excluding carboxylic acids is 1. The van der Waals surface area contributed by atoms with Crippen molar-refractivity contribution in [3.05, 3.63) is 24.3 Å². The highest BCUT2D eigenvalue weighted by atomic mass is 16.5. The van der Waals surface area contributed by atoms with Gasteiger partial charge in [-0.3, -0.25) is 0 Å². The zero-order chi connectivity index (χ0) is 18.8. The van der Waals surface area contributed by atoms with E-state index in [9.17, 15) is 4.79 Å². The molecule has 6 heteroatoms. The van der Waals surface area contributed by atoms with Crippen molar-refractivity contribution in [3.8, 4) is 11.8 Å². The quantitative estimate of drug-likeness (QED) is 0.823. The maximum atomic E-state index is 12.8. The molecule has 4 rings (SSSR count). The predicted octanol–water partition coefficient (Wildman–Crippen LogP) is 2.81. The second kappa shape index (κ2) is 7.67. The molecule has 3 saturated heterocycles. The SMILES string of the molecule is CCOc1ccc(N2CC3CN(C(=O)N4CCC(C#N)CC4)CC3C2)cc1. The standard InChI is InChI=1S/C21H28N4O2/c1-2-27-20-5-3-19(4-6-20)24-12-17-14-25(15-18(17)13-24)21(26)23-9-7-16(11-22)8-10-23/h3-6,16-18H,2,7-10,12-15H2,1H3. The first kappa shape index (κ1) is 18.0. The fourth-order valence-corrected chi connectivity index (χ4v) is 4.68. The van der Waals surface area contributed by atoms with Crippen molar-refractivity contribution < 1.29 is 9.53 Å². The number of likely N-dealkylation sites (tertiary alicyclic amines) is 2. The Hall–Kier alpha value is -2.42. The molecule has 0 N–H and O–H groups in total. The summed E-state index contributed by atoms with van der Waals surface area (Å²) in [6, 6.07) is 10.8. The van der Waals surface area contributed by atoms with Crippen molar-refractivity contribution in [1.29, 1.82) is 5.26 Å². The fraction of sp³-hybridized carbons (Fsp3) is 0.619. The number of amides is 2. The first-order valence-electron chi connectivity index (χ1n) is 10.1. The van der Waals surface area contributed by atoms with Crippen LogP contribution < -0.4 is 9.64 Å². The van der Waals surface area contributed by atoms with Crippen LogP contribution in [0.3, 0.4) is 0 Å². The number of rotatable bonds is 3. The number of carbonyl (C=O) groups is 1. The lowest BCUT2D eigenvalue weighted by Gasteiger charge is -2.33. The maximum absolute atomic E-state index is 12.8. The van der Waals surface area contributed by atoms with Crippen LogP contribution >= 0.6 is 0 Å². The van der Waals surface area contributed by atoms with Crippen molar-refractivity contribution in [2.75, 3.05) is 50.8 Å². The number of nitriles is 1. The Bertz CT molecular complexity index is 692. The molecule has 2 unspecified atom stereocenters. The average molecular weight is 368 g/mol. The number of nitrogens with zero attached hydrogens (tertiary/aromatic N) is 4. The van der Waals surface area contributed by atoms with Gasteiger partial charge in [0.1, 0.15) is 5.75 Å². The molecule has 3 heterocycles. The van der Waals surface area contributed by atoms with Gasteiger partial charge < -0.3 is 19.4 Å². The number of urea groups is 1. The highest BCUT2D eigenvalue weighted by Gasteiger charge is 2.42. The van der Waals surface area contributed by atoms with Gasteiger partial charge in [-0.2, -0.15) is 5.26 Å². The molecule has 3 aliphatic rings. The minimum absolute atomic E-state index is 0.120. The van der Waals surface area contributed by atoms with E-state index in [1.807, 2.05) is 28.9 Å². The third-order valence-corrected chi connectivity index (χ3v) is 6.22. The molecule has 6 nitrogen and oxygen atoms in total. The van der Waals surface area contributed by atoms with E-state index in [4.69, 9.17) is 10.00 Å². The number of anilines is 1. The van der Waals surface area contributed by atoms with Crippen LogP contribution in [0.5, 0.6) is 5.75 Å². The van der Waals surface area contributed by atoms with Crippen LogP contribution in [0.4, 0.5) is 10.5 Å². The molecule has 3 fully saturated rings. The summed E-state index contributed by atoms with van der Waals surface area (Å²) in [6.45, 7) is 7.87. The summed E-state index contributed by atoms with van der Waals surface area (Å²) in [5.41, 5.74) is 1.24. The summed E-state index contributed by atoms with van der Waals surface area (Å²) < 4.78 is 5.52. The van der Waals surface area contributed by atoms with Crippen molar-refractivity contribution in [2.45, 2.75) is 19.8 Å². The summed E-state index contributed by atoms with van der Waals surface area (Å²) in [7, 11) is 0. The highest BCUT2D eigenvalue weighted by molar-refractivity contribution is 5.75. The lowest BCUT2D eigenvalue weighted by molar-refractivity contribution is 0.144.